The highest BCUT2D eigenvalue weighted by atomic mass is 16.6. The first kappa shape index (κ1) is 16.7. The van der Waals surface area contributed by atoms with Crippen LogP contribution in [-0.4, -0.2) is 16.1 Å². The van der Waals surface area contributed by atoms with E-state index in [2.05, 4.69) is 13.2 Å². The lowest BCUT2D eigenvalue weighted by Gasteiger charge is -2.00. The van der Waals surface area contributed by atoms with Gasteiger partial charge in [-0.3, -0.25) is 10.1 Å². The number of allylic oxidation sites excluding steroid dienone is 5. The summed E-state index contributed by atoms with van der Waals surface area (Å²) in [6.07, 6.45) is 4.66. The molecule has 0 heterocycles. The van der Waals surface area contributed by atoms with Crippen LogP contribution in [-0.2, 0) is 0 Å². The van der Waals surface area contributed by atoms with Gasteiger partial charge < -0.3 is 5.11 Å². The Labute approximate surface area is 96.4 Å². The number of aliphatic hydroxyl groups is 1. The summed E-state index contributed by atoms with van der Waals surface area (Å²) in [5.74, 6) is 0. The van der Waals surface area contributed by atoms with Crippen molar-refractivity contribution >= 4 is 0 Å². The molecular formula is C12H19NO3. The van der Waals surface area contributed by atoms with Crippen LogP contribution in [0.2, 0.25) is 0 Å². The maximum Gasteiger partial charge on any atom is 0.274 e. The van der Waals surface area contributed by atoms with E-state index in [0.717, 1.165) is 0 Å². The molecule has 4 nitrogen and oxygen atoms in total. The summed E-state index contributed by atoms with van der Waals surface area (Å²) in [7, 11) is 0. The van der Waals surface area contributed by atoms with E-state index in [9.17, 15) is 10.1 Å². The molecule has 0 aromatic rings. The highest BCUT2D eigenvalue weighted by Gasteiger charge is 2.16. The van der Waals surface area contributed by atoms with Gasteiger partial charge in [-0.05, 0) is 12.5 Å². The molecule has 0 aliphatic rings. The lowest BCUT2D eigenvalue weighted by atomic mass is 10.1. The SMILES string of the molecule is C=C/C=C(C=C)/C=C(/C(C)O)[N+](=O)[O-].CC. The molecule has 0 aliphatic heterocycles. The number of aliphatic hydroxyl groups excluding tert-OH is 1. The van der Waals surface area contributed by atoms with Gasteiger partial charge in [0.1, 0.15) is 6.10 Å². The van der Waals surface area contributed by atoms with Gasteiger partial charge in [-0.25, -0.2) is 0 Å². The van der Waals surface area contributed by atoms with Crippen LogP contribution in [0.3, 0.4) is 0 Å². The topological polar surface area (TPSA) is 63.4 Å². The summed E-state index contributed by atoms with van der Waals surface area (Å²) in [6, 6.07) is 0. The van der Waals surface area contributed by atoms with Gasteiger partial charge >= 0.3 is 0 Å². The predicted molar refractivity (Wildman–Crippen MR) is 66.6 cm³/mol. The number of rotatable bonds is 5. The highest BCUT2D eigenvalue weighted by Crippen LogP contribution is 2.08. The minimum absolute atomic E-state index is 0.266. The molecule has 0 aromatic heterocycles. The first-order valence-corrected chi connectivity index (χ1v) is 5.02. The molecule has 16 heavy (non-hydrogen) atoms. The fourth-order valence-corrected chi connectivity index (χ4v) is 0.808. The summed E-state index contributed by atoms with van der Waals surface area (Å²) in [5, 5.41) is 19.6. The molecule has 0 rings (SSSR count). The van der Waals surface area contributed by atoms with E-state index < -0.39 is 11.0 Å². The highest BCUT2D eigenvalue weighted by molar-refractivity contribution is 5.33. The summed E-state index contributed by atoms with van der Waals surface area (Å²) in [4.78, 5) is 9.87. The zero-order valence-corrected chi connectivity index (χ0v) is 10.0. The summed E-state index contributed by atoms with van der Waals surface area (Å²) in [6.45, 7) is 12.3. The van der Waals surface area contributed by atoms with Gasteiger partial charge in [-0.15, -0.1) is 0 Å². The smallest absolute Gasteiger partial charge is 0.274 e. The number of hydrogen-bond donors (Lipinski definition) is 1. The monoisotopic (exact) mass is 225 g/mol. The van der Waals surface area contributed by atoms with Gasteiger partial charge in [-0.1, -0.05) is 45.2 Å². The fraction of sp³-hybridized carbons (Fsp3) is 0.333. The van der Waals surface area contributed by atoms with Crippen molar-refractivity contribution in [2.24, 2.45) is 0 Å². The van der Waals surface area contributed by atoms with Crippen LogP contribution in [0.4, 0.5) is 0 Å². The maximum absolute atomic E-state index is 10.5. The minimum atomic E-state index is -1.11. The van der Waals surface area contributed by atoms with Crippen molar-refractivity contribution in [3.8, 4) is 0 Å². The molecule has 0 spiro atoms. The molecule has 0 aromatic carbocycles. The Morgan fingerprint density at radius 2 is 1.94 bits per heavy atom. The van der Waals surface area contributed by atoms with Crippen LogP contribution in [0.5, 0.6) is 0 Å². The zero-order chi connectivity index (χ0) is 13.1. The van der Waals surface area contributed by atoms with Crippen molar-refractivity contribution < 1.29 is 10.0 Å². The molecule has 0 amide bonds. The van der Waals surface area contributed by atoms with Gasteiger partial charge in [-0.2, -0.15) is 0 Å². The summed E-state index contributed by atoms with van der Waals surface area (Å²) in [5.41, 5.74) is 0.269. The molecule has 0 saturated heterocycles. The number of hydrogen-bond acceptors (Lipinski definition) is 3. The molecule has 0 aliphatic carbocycles. The second-order valence-electron chi connectivity index (χ2n) is 2.61. The van der Waals surface area contributed by atoms with E-state index in [0.29, 0.717) is 5.57 Å². The minimum Gasteiger partial charge on any atom is -0.382 e. The molecule has 90 valence electrons. The van der Waals surface area contributed by atoms with Crippen LogP contribution in [0.15, 0.2) is 48.7 Å². The molecule has 0 fully saturated rings. The van der Waals surface area contributed by atoms with Crippen LogP contribution in [0.1, 0.15) is 20.8 Å². The van der Waals surface area contributed by atoms with Crippen molar-refractivity contribution in [2.45, 2.75) is 26.9 Å². The van der Waals surface area contributed by atoms with Gasteiger partial charge in [0.2, 0.25) is 0 Å². The second kappa shape index (κ2) is 9.86. The molecular weight excluding hydrogens is 206 g/mol. The second-order valence-corrected chi connectivity index (χ2v) is 2.61. The van der Waals surface area contributed by atoms with Gasteiger partial charge in [0, 0.05) is 6.08 Å². The Morgan fingerprint density at radius 1 is 1.44 bits per heavy atom. The largest absolute Gasteiger partial charge is 0.382 e. The van der Waals surface area contributed by atoms with Crippen molar-refractivity contribution in [2.75, 3.05) is 0 Å². The van der Waals surface area contributed by atoms with Crippen molar-refractivity contribution in [1.82, 2.24) is 0 Å². The van der Waals surface area contributed by atoms with Crippen LogP contribution in [0.25, 0.3) is 0 Å². The van der Waals surface area contributed by atoms with E-state index in [1.54, 1.807) is 6.08 Å². The van der Waals surface area contributed by atoms with Gasteiger partial charge in [0.15, 0.2) is 0 Å². The zero-order valence-electron chi connectivity index (χ0n) is 10.0. The Morgan fingerprint density at radius 3 is 2.19 bits per heavy atom. The van der Waals surface area contributed by atoms with Crippen LogP contribution in [0, 0.1) is 10.1 Å². The normalized spacial score (nSPS) is 13.2. The standard InChI is InChI=1S/C10H13NO3.C2H6/c1-4-6-9(5-2)7-10(8(3)12)11(13)14;1-2/h4-8,12H,1-2H2,3H3;1-2H3/b9-6+,10-7-;. The molecule has 0 radical (unpaired) electrons. The van der Waals surface area contributed by atoms with Gasteiger partial charge in [0.05, 0.1) is 4.92 Å². The van der Waals surface area contributed by atoms with Crippen LogP contribution >= 0.6 is 0 Å². The van der Waals surface area contributed by atoms with Crippen molar-refractivity contribution in [3.05, 3.63) is 58.8 Å². The Kier molecular flexibility index (Phi) is 10.3. The fourth-order valence-electron chi connectivity index (χ4n) is 0.808. The molecule has 4 heteroatoms. The third-order valence-electron chi connectivity index (χ3n) is 1.50. The lowest BCUT2D eigenvalue weighted by molar-refractivity contribution is -0.435. The molecule has 0 saturated carbocycles. The van der Waals surface area contributed by atoms with E-state index in [1.165, 1.54) is 25.2 Å². The van der Waals surface area contributed by atoms with E-state index in [-0.39, 0.29) is 5.70 Å². The first-order chi connectivity index (χ1) is 7.52. The molecule has 1 unspecified atom stereocenters. The maximum atomic E-state index is 10.5. The Hall–Kier alpha value is -1.68. The first-order valence-electron chi connectivity index (χ1n) is 5.02. The summed E-state index contributed by atoms with van der Waals surface area (Å²) < 4.78 is 0. The van der Waals surface area contributed by atoms with Crippen molar-refractivity contribution in [3.63, 3.8) is 0 Å². The lowest BCUT2D eigenvalue weighted by Crippen LogP contribution is -2.13. The van der Waals surface area contributed by atoms with Crippen molar-refractivity contribution in [1.29, 1.82) is 0 Å². The van der Waals surface area contributed by atoms with Gasteiger partial charge in [0.25, 0.3) is 5.70 Å². The Balaban J connectivity index is 0. The summed E-state index contributed by atoms with van der Waals surface area (Å²) >= 11 is 0. The third-order valence-corrected chi connectivity index (χ3v) is 1.50. The third kappa shape index (κ3) is 6.73. The van der Waals surface area contributed by atoms with E-state index in [4.69, 9.17) is 5.11 Å². The average Bonchev–Trinajstić information content (AvgIpc) is 2.25. The number of nitrogens with zero attached hydrogens (tertiary/aromatic N) is 1. The molecule has 0 bridgehead atoms. The quantitative estimate of drug-likeness (QED) is 0.444. The van der Waals surface area contributed by atoms with E-state index in [1.807, 2.05) is 13.8 Å². The Bertz CT molecular complexity index is 301. The molecule has 1 N–H and O–H groups in total. The van der Waals surface area contributed by atoms with Crippen LogP contribution < -0.4 is 0 Å². The predicted octanol–water partition coefficient (Wildman–Crippen LogP) is 2.85. The number of nitro groups is 1. The molecule has 1 atom stereocenters. The average molecular weight is 225 g/mol. The van der Waals surface area contributed by atoms with E-state index >= 15 is 0 Å².